The number of carbonyl (C=O) groups excluding carboxylic acids is 1. The Morgan fingerprint density at radius 3 is 2.80 bits per heavy atom. The molecule has 0 saturated carbocycles. The van der Waals surface area contributed by atoms with Crippen LogP contribution in [-0.2, 0) is 0 Å². The lowest BCUT2D eigenvalue weighted by atomic mass is 9.97. The zero-order chi connectivity index (χ0) is 14.5. The van der Waals surface area contributed by atoms with Crippen LogP contribution in [0.3, 0.4) is 0 Å². The van der Waals surface area contributed by atoms with Gasteiger partial charge in [0.2, 0.25) is 0 Å². The van der Waals surface area contributed by atoms with Gasteiger partial charge in [-0.2, -0.15) is 0 Å². The second kappa shape index (κ2) is 6.92. The number of likely N-dealkylation sites (tertiary alicyclic amines) is 1. The van der Waals surface area contributed by atoms with E-state index in [-0.39, 0.29) is 12.5 Å². The van der Waals surface area contributed by atoms with E-state index in [2.05, 4.69) is 25.7 Å². The predicted molar refractivity (Wildman–Crippen MR) is 81.8 cm³/mol. The van der Waals surface area contributed by atoms with Crippen LogP contribution in [0.4, 0.5) is 0 Å². The van der Waals surface area contributed by atoms with Gasteiger partial charge in [0.1, 0.15) is 4.88 Å². The molecule has 1 aromatic heterocycles. The number of nitrogens with zero attached hydrogens (tertiary/aromatic N) is 1. The number of rotatable bonds is 2. The van der Waals surface area contributed by atoms with Crippen LogP contribution in [0.2, 0.25) is 0 Å². The van der Waals surface area contributed by atoms with E-state index in [9.17, 15) is 4.79 Å². The normalized spacial score (nSPS) is 22.2. The van der Waals surface area contributed by atoms with E-state index in [1.54, 1.807) is 0 Å². The van der Waals surface area contributed by atoms with Gasteiger partial charge >= 0.3 is 0 Å². The molecule has 1 saturated heterocycles. The van der Waals surface area contributed by atoms with Gasteiger partial charge in [-0.25, -0.2) is 0 Å². The Kier molecular flexibility index (Phi) is 5.22. The SMILES string of the molecule is CC1CCCC(C)N1C(=O)c1sccc1C#CCCO. The number of amides is 1. The number of hydrogen-bond acceptors (Lipinski definition) is 3. The first kappa shape index (κ1) is 15.1. The standard InChI is InChI=1S/C16H21NO2S/c1-12-6-5-7-13(2)17(12)16(19)15-14(9-11-20-15)8-3-4-10-18/h9,11-13,18H,4-7,10H2,1-2H3. The van der Waals surface area contributed by atoms with Crippen molar-refractivity contribution in [3.05, 3.63) is 21.9 Å². The van der Waals surface area contributed by atoms with Gasteiger partial charge in [0.15, 0.2) is 0 Å². The molecule has 1 aliphatic rings. The predicted octanol–water partition coefficient (Wildman–Crippen LogP) is 2.89. The van der Waals surface area contributed by atoms with Gasteiger partial charge in [-0.15, -0.1) is 11.3 Å². The van der Waals surface area contributed by atoms with Gasteiger partial charge in [0.05, 0.1) is 6.61 Å². The van der Waals surface area contributed by atoms with Crippen molar-refractivity contribution in [3.8, 4) is 11.8 Å². The molecule has 4 heteroatoms. The topological polar surface area (TPSA) is 40.5 Å². The van der Waals surface area contributed by atoms with E-state index in [0.29, 0.717) is 18.5 Å². The van der Waals surface area contributed by atoms with E-state index in [0.717, 1.165) is 23.3 Å². The lowest BCUT2D eigenvalue weighted by Gasteiger charge is -2.38. The van der Waals surface area contributed by atoms with Crippen molar-refractivity contribution < 1.29 is 9.90 Å². The highest BCUT2D eigenvalue weighted by Gasteiger charge is 2.31. The third-order valence-corrected chi connectivity index (χ3v) is 4.65. The summed E-state index contributed by atoms with van der Waals surface area (Å²) in [7, 11) is 0. The first-order valence-electron chi connectivity index (χ1n) is 7.15. The number of carbonyl (C=O) groups is 1. The molecule has 0 bridgehead atoms. The summed E-state index contributed by atoms with van der Waals surface area (Å²) in [5.74, 6) is 6.00. The molecule has 108 valence electrons. The molecule has 1 N–H and O–H groups in total. The Labute approximate surface area is 124 Å². The van der Waals surface area contributed by atoms with Crippen LogP contribution in [0, 0.1) is 11.8 Å². The van der Waals surface area contributed by atoms with Gasteiger partial charge in [0.25, 0.3) is 5.91 Å². The van der Waals surface area contributed by atoms with Crippen molar-refractivity contribution in [2.75, 3.05) is 6.61 Å². The van der Waals surface area contributed by atoms with Crippen LogP contribution >= 0.6 is 11.3 Å². The van der Waals surface area contributed by atoms with E-state index >= 15 is 0 Å². The number of aliphatic hydroxyl groups excluding tert-OH is 1. The summed E-state index contributed by atoms with van der Waals surface area (Å²) in [4.78, 5) is 15.5. The summed E-state index contributed by atoms with van der Waals surface area (Å²) in [5, 5.41) is 10.7. The minimum Gasteiger partial charge on any atom is -0.395 e. The molecule has 0 radical (unpaired) electrons. The fourth-order valence-corrected chi connectivity index (χ4v) is 3.52. The Balaban J connectivity index is 2.21. The fourth-order valence-electron chi connectivity index (χ4n) is 2.73. The summed E-state index contributed by atoms with van der Waals surface area (Å²) >= 11 is 1.46. The monoisotopic (exact) mass is 291 g/mol. The zero-order valence-corrected chi connectivity index (χ0v) is 12.9. The number of hydrogen-bond donors (Lipinski definition) is 1. The highest BCUT2D eigenvalue weighted by molar-refractivity contribution is 7.12. The molecule has 0 spiro atoms. The van der Waals surface area contributed by atoms with E-state index in [1.165, 1.54) is 17.8 Å². The molecule has 2 rings (SSSR count). The van der Waals surface area contributed by atoms with Gasteiger partial charge in [0, 0.05) is 24.1 Å². The quantitative estimate of drug-likeness (QED) is 0.851. The third-order valence-electron chi connectivity index (χ3n) is 3.75. The summed E-state index contributed by atoms with van der Waals surface area (Å²) in [6.45, 7) is 4.30. The molecule has 2 unspecified atom stereocenters. The van der Waals surface area contributed by atoms with Crippen molar-refractivity contribution in [1.82, 2.24) is 4.90 Å². The van der Waals surface area contributed by atoms with Crippen molar-refractivity contribution >= 4 is 17.2 Å². The van der Waals surface area contributed by atoms with E-state index in [1.807, 2.05) is 16.3 Å². The number of thiophene rings is 1. The zero-order valence-electron chi connectivity index (χ0n) is 12.1. The Morgan fingerprint density at radius 1 is 1.45 bits per heavy atom. The number of piperidine rings is 1. The Hall–Kier alpha value is -1.31. The lowest BCUT2D eigenvalue weighted by molar-refractivity contribution is 0.0515. The third kappa shape index (κ3) is 3.23. The van der Waals surface area contributed by atoms with Crippen LogP contribution in [-0.4, -0.2) is 34.6 Å². The lowest BCUT2D eigenvalue weighted by Crippen LogP contribution is -2.47. The minimum absolute atomic E-state index is 0.0562. The van der Waals surface area contributed by atoms with E-state index in [4.69, 9.17) is 5.11 Å². The molecule has 1 aliphatic heterocycles. The maximum Gasteiger partial charge on any atom is 0.265 e. The number of aliphatic hydroxyl groups is 1. The average molecular weight is 291 g/mol. The molecule has 20 heavy (non-hydrogen) atoms. The molecule has 2 heterocycles. The molecule has 0 aromatic carbocycles. The Bertz CT molecular complexity index is 516. The second-order valence-electron chi connectivity index (χ2n) is 5.28. The molecular formula is C16H21NO2S. The first-order valence-corrected chi connectivity index (χ1v) is 8.03. The van der Waals surface area contributed by atoms with Gasteiger partial charge in [-0.05, 0) is 44.6 Å². The highest BCUT2D eigenvalue weighted by atomic mass is 32.1. The summed E-state index contributed by atoms with van der Waals surface area (Å²) < 4.78 is 0. The molecule has 1 aromatic rings. The van der Waals surface area contributed by atoms with Crippen LogP contribution < -0.4 is 0 Å². The smallest absolute Gasteiger partial charge is 0.265 e. The molecule has 1 fully saturated rings. The largest absolute Gasteiger partial charge is 0.395 e. The highest BCUT2D eigenvalue weighted by Crippen LogP contribution is 2.27. The van der Waals surface area contributed by atoms with Crippen molar-refractivity contribution in [2.24, 2.45) is 0 Å². The summed E-state index contributed by atoms with van der Waals surface area (Å²) in [6.07, 6.45) is 3.79. The summed E-state index contributed by atoms with van der Waals surface area (Å²) in [6, 6.07) is 2.49. The molecule has 1 amide bonds. The maximum absolute atomic E-state index is 12.8. The van der Waals surface area contributed by atoms with Gasteiger partial charge < -0.3 is 10.0 Å². The fraction of sp³-hybridized carbons (Fsp3) is 0.562. The minimum atomic E-state index is 0.0562. The van der Waals surface area contributed by atoms with Gasteiger partial charge in [-0.1, -0.05) is 11.8 Å². The Morgan fingerprint density at radius 2 is 2.15 bits per heavy atom. The van der Waals surface area contributed by atoms with Crippen molar-refractivity contribution in [2.45, 2.75) is 51.6 Å². The molecular weight excluding hydrogens is 270 g/mol. The summed E-state index contributed by atoms with van der Waals surface area (Å²) in [5.41, 5.74) is 0.790. The first-order chi connectivity index (χ1) is 9.65. The van der Waals surface area contributed by atoms with Crippen LogP contribution in [0.1, 0.15) is 54.8 Å². The molecule has 3 nitrogen and oxygen atoms in total. The van der Waals surface area contributed by atoms with Crippen molar-refractivity contribution in [1.29, 1.82) is 0 Å². The maximum atomic E-state index is 12.8. The van der Waals surface area contributed by atoms with Crippen LogP contribution in [0.25, 0.3) is 0 Å². The average Bonchev–Trinajstić information content (AvgIpc) is 2.87. The van der Waals surface area contributed by atoms with E-state index < -0.39 is 0 Å². The van der Waals surface area contributed by atoms with Crippen LogP contribution in [0.5, 0.6) is 0 Å². The second-order valence-corrected chi connectivity index (χ2v) is 6.20. The molecule has 2 atom stereocenters. The van der Waals surface area contributed by atoms with Crippen molar-refractivity contribution in [3.63, 3.8) is 0 Å². The molecule has 0 aliphatic carbocycles. The van der Waals surface area contributed by atoms with Gasteiger partial charge in [-0.3, -0.25) is 4.79 Å². The van der Waals surface area contributed by atoms with Crippen LogP contribution in [0.15, 0.2) is 11.4 Å².